The van der Waals surface area contributed by atoms with Crippen molar-refractivity contribution in [3.8, 4) is 0 Å². The largest absolute Gasteiger partial charge is 0.369 e. The Labute approximate surface area is 187 Å². The summed E-state index contributed by atoms with van der Waals surface area (Å²) in [4.78, 5) is 29.3. The molecule has 0 saturated heterocycles. The number of rotatable bonds is 2. The van der Waals surface area contributed by atoms with E-state index in [1.165, 1.54) is 0 Å². The van der Waals surface area contributed by atoms with E-state index in [-0.39, 0.29) is 23.8 Å². The number of fused-ring (bicyclic) bond motifs is 3. The number of guanidine groups is 1. The quantitative estimate of drug-likeness (QED) is 0.771. The van der Waals surface area contributed by atoms with Crippen LogP contribution in [-0.4, -0.2) is 26.7 Å². The van der Waals surface area contributed by atoms with Gasteiger partial charge in [0.25, 0.3) is 5.91 Å². The number of amides is 1. The Hall–Kier alpha value is -2.47. The van der Waals surface area contributed by atoms with E-state index >= 15 is 0 Å². The van der Waals surface area contributed by atoms with Crippen LogP contribution in [0.4, 0.5) is 0 Å². The predicted octanol–water partition coefficient (Wildman–Crippen LogP) is 3.93. The second-order valence-corrected chi connectivity index (χ2v) is 10.2. The molecule has 31 heavy (non-hydrogen) atoms. The van der Waals surface area contributed by atoms with Crippen LogP contribution in [0.5, 0.6) is 0 Å². The fraction of sp³-hybridized carbons (Fsp3) is 0.500. The maximum Gasteiger partial charge on any atom is 0.262 e. The number of aromatic nitrogens is 2. The van der Waals surface area contributed by atoms with Crippen LogP contribution in [0.3, 0.4) is 0 Å². The first-order chi connectivity index (χ1) is 14.8. The van der Waals surface area contributed by atoms with Crippen molar-refractivity contribution in [3.05, 3.63) is 58.6 Å². The van der Waals surface area contributed by atoms with Crippen molar-refractivity contribution in [3.63, 3.8) is 0 Å². The first-order valence-electron chi connectivity index (χ1n) is 11.0. The highest BCUT2D eigenvalue weighted by atomic mass is 35.5. The molecule has 1 aliphatic heterocycles. The molecule has 1 aromatic carbocycles. The van der Waals surface area contributed by atoms with E-state index in [4.69, 9.17) is 22.3 Å². The lowest BCUT2D eigenvalue weighted by Crippen LogP contribution is -2.53. The Bertz CT molecular complexity index is 1060. The summed E-state index contributed by atoms with van der Waals surface area (Å²) in [6, 6.07) is 7.65. The third-order valence-corrected chi connectivity index (χ3v) is 8.25. The van der Waals surface area contributed by atoms with Crippen molar-refractivity contribution in [1.29, 1.82) is 0 Å². The molecule has 1 aromatic heterocycles. The third kappa shape index (κ3) is 2.84. The molecule has 2 spiro atoms. The van der Waals surface area contributed by atoms with Gasteiger partial charge >= 0.3 is 0 Å². The highest BCUT2D eigenvalue weighted by Crippen LogP contribution is 2.64. The smallest absolute Gasteiger partial charge is 0.262 e. The number of benzene rings is 1. The van der Waals surface area contributed by atoms with Gasteiger partial charge in [-0.3, -0.25) is 9.69 Å². The number of carbonyl (C=O) groups is 1. The Morgan fingerprint density at radius 3 is 2.52 bits per heavy atom. The molecule has 3 aliphatic rings. The molecular formula is C24H28ClN5O. The monoisotopic (exact) mass is 437 g/mol. The normalized spacial score (nSPS) is 34.5. The lowest BCUT2D eigenvalue weighted by Gasteiger charge is -2.50. The van der Waals surface area contributed by atoms with E-state index in [9.17, 15) is 4.79 Å². The van der Waals surface area contributed by atoms with Crippen molar-refractivity contribution >= 4 is 23.5 Å². The third-order valence-electron chi connectivity index (χ3n) is 8.01. The van der Waals surface area contributed by atoms with Gasteiger partial charge in [0, 0.05) is 22.8 Å². The average Bonchev–Trinajstić information content (AvgIpc) is 3.14. The molecule has 6 nitrogen and oxygen atoms in total. The molecule has 5 rings (SSSR count). The Morgan fingerprint density at radius 1 is 1.16 bits per heavy atom. The van der Waals surface area contributed by atoms with Crippen molar-refractivity contribution in [2.24, 2.45) is 33.9 Å². The number of nitrogens with zero attached hydrogens (tertiary/aromatic N) is 4. The summed E-state index contributed by atoms with van der Waals surface area (Å²) in [7, 11) is 0. The van der Waals surface area contributed by atoms with Crippen molar-refractivity contribution in [1.82, 2.24) is 14.9 Å². The minimum Gasteiger partial charge on any atom is -0.369 e. The number of hydrogen-bond donors (Lipinski definition) is 1. The second-order valence-electron chi connectivity index (χ2n) is 9.72. The molecule has 162 valence electrons. The minimum atomic E-state index is -1.03. The van der Waals surface area contributed by atoms with Gasteiger partial charge in [0.15, 0.2) is 11.5 Å². The summed E-state index contributed by atoms with van der Waals surface area (Å²) < 4.78 is 0. The van der Waals surface area contributed by atoms with Gasteiger partial charge in [0.05, 0.1) is 6.54 Å². The van der Waals surface area contributed by atoms with Gasteiger partial charge in [-0.15, -0.1) is 0 Å². The summed E-state index contributed by atoms with van der Waals surface area (Å²) in [5.74, 6) is 2.28. The summed E-state index contributed by atoms with van der Waals surface area (Å²) in [5, 5.41) is 0.617. The zero-order valence-electron chi connectivity index (χ0n) is 18.2. The maximum absolute atomic E-state index is 14.2. The summed E-state index contributed by atoms with van der Waals surface area (Å²) in [6.07, 6.45) is 6.03. The van der Waals surface area contributed by atoms with Gasteiger partial charge in [-0.2, -0.15) is 0 Å². The molecule has 0 radical (unpaired) electrons. The summed E-state index contributed by atoms with van der Waals surface area (Å²) in [5.41, 5.74) is 7.15. The lowest BCUT2D eigenvalue weighted by molar-refractivity contribution is -0.139. The molecule has 1 unspecified atom stereocenters. The average molecular weight is 438 g/mol. The number of aliphatic imine (C=N–C) groups is 1. The van der Waals surface area contributed by atoms with Gasteiger partial charge in [-0.05, 0) is 66.3 Å². The standard InChI is InChI=1S/C24H28ClN5O/c1-14-10-23(11-15(2)16(14)3)12-17-5-6-18(25)9-19(17)24(23)21(31)30(22(26)29-24)13-20-27-7-4-8-28-20/h4-9,14-16H,10-13H2,1-3H3,(H2,26,29)/t14-,15+,16+,23?,24-/m1/s1. The van der Waals surface area contributed by atoms with Crippen LogP contribution in [0.25, 0.3) is 0 Å². The van der Waals surface area contributed by atoms with Crippen LogP contribution >= 0.6 is 11.6 Å². The van der Waals surface area contributed by atoms with Crippen LogP contribution in [0.1, 0.15) is 50.6 Å². The van der Waals surface area contributed by atoms with E-state index in [0.717, 1.165) is 30.4 Å². The molecule has 0 bridgehead atoms. The van der Waals surface area contributed by atoms with E-state index < -0.39 is 5.54 Å². The maximum atomic E-state index is 14.2. The minimum absolute atomic E-state index is 0.0765. The van der Waals surface area contributed by atoms with Crippen molar-refractivity contribution < 1.29 is 4.79 Å². The highest BCUT2D eigenvalue weighted by Gasteiger charge is 2.67. The van der Waals surface area contributed by atoms with E-state index in [0.29, 0.717) is 28.6 Å². The van der Waals surface area contributed by atoms with Gasteiger partial charge in [0.2, 0.25) is 0 Å². The zero-order valence-corrected chi connectivity index (χ0v) is 18.9. The van der Waals surface area contributed by atoms with Crippen LogP contribution in [-0.2, 0) is 23.3 Å². The van der Waals surface area contributed by atoms with Crippen molar-refractivity contribution in [2.45, 2.75) is 52.1 Å². The zero-order chi connectivity index (χ0) is 22.0. The molecule has 2 N–H and O–H groups in total. The molecule has 5 atom stereocenters. The number of carbonyl (C=O) groups excluding carboxylic acids is 1. The first-order valence-corrected chi connectivity index (χ1v) is 11.4. The summed E-state index contributed by atoms with van der Waals surface area (Å²) >= 11 is 6.42. The first kappa shape index (κ1) is 20.4. The number of nitrogens with two attached hydrogens (primary N) is 1. The molecule has 1 fully saturated rings. The molecule has 7 heteroatoms. The fourth-order valence-electron chi connectivity index (χ4n) is 6.31. The Morgan fingerprint density at radius 2 is 1.84 bits per heavy atom. The van der Waals surface area contributed by atoms with Gasteiger partial charge in [-0.1, -0.05) is 38.4 Å². The fourth-order valence-corrected chi connectivity index (χ4v) is 6.48. The second kappa shape index (κ2) is 7.02. The highest BCUT2D eigenvalue weighted by molar-refractivity contribution is 6.30. The van der Waals surface area contributed by atoms with Crippen LogP contribution < -0.4 is 5.73 Å². The van der Waals surface area contributed by atoms with Gasteiger partial charge in [-0.25, -0.2) is 15.0 Å². The number of hydrogen-bond acceptors (Lipinski definition) is 5. The number of halogens is 1. The molecule has 2 heterocycles. The molecular weight excluding hydrogens is 410 g/mol. The van der Waals surface area contributed by atoms with E-state index in [1.54, 1.807) is 23.4 Å². The Kier molecular flexibility index (Phi) is 4.63. The molecule has 1 amide bonds. The van der Waals surface area contributed by atoms with Crippen molar-refractivity contribution in [2.75, 3.05) is 0 Å². The van der Waals surface area contributed by atoms with E-state index in [2.05, 4.69) is 36.8 Å². The van der Waals surface area contributed by atoms with Crippen LogP contribution in [0.2, 0.25) is 5.02 Å². The molecule has 2 aliphatic carbocycles. The Balaban J connectivity index is 1.65. The topological polar surface area (TPSA) is 84.5 Å². The lowest BCUT2D eigenvalue weighted by atomic mass is 9.55. The predicted molar refractivity (Wildman–Crippen MR) is 120 cm³/mol. The van der Waals surface area contributed by atoms with E-state index in [1.807, 2.05) is 12.1 Å². The van der Waals surface area contributed by atoms with Crippen LogP contribution in [0, 0.1) is 23.2 Å². The van der Waals surface area contributed by atoms with Gasteiger partial charge in [0.1, 0.15) is 5.82 Å². The van der Waals surface area contributed by atoms with Gasteiger partial charge < -0.3 is 5.73 Å². The molecule has 1 saturated carbocycles. The summed E-state index contributed by atoms with van der Waals surface area (Å²) in [6.45, 7) is 7.13. The molecule has 2 aromatic rings. The van der Waals surface area contributed by atoms with Crippen LogP contribution in [0.15, 0.2) is 41.7 Å². The SMILES string of the molecule is C[C@H]1[C@H](C)CC2(Cc3ccc(Cl)cc3[C@]23N=C(N)N(Cc2ncccn2)C3=O)C[C@@H]1C.